The molecular formula is C9H15N3O. The highest BCUT2D eigenvalue weighted by Gasteiger charge is 1.96. The van der Waals surface area contributed by atoms with Gasteiger partial charge in [0.15, 0.2) is 0 Å². The smallest absolute Gasteiger partial charge is 0.129 e. The van der Waals surface area contributed by atoms with Gasteiger partial charge in [0.1, 0.15) is 12.1 Å². The zero-order valence-electron chi connectivity index (χ0n) is 8.08. The Hall–Kier alpha value is -1.16. The maximum atomic E-state index is 4.97. The highest BCUT2D eigenvalue weighted by Crippen LogP contribution is 2.04. The minimum atomic E-state index is 0.531. The molecule has 0 amide bonds. The van der Waals surface area contributed by atoms with Crippen molar-refractivity contribution in [1.29, 1.82) is 0 Å². The summed E-state index contributed by atoms with van der Waals surface area (Å²) in [5.41, 5.74) is 0.899. The normalized spacial score (nSPS) is 10.0. The third-order valence-electron chi connectivity index (χ3n) is 1.57. The highest BCUT2D eigenvalue weighted by molar-refractivity contribution is 5.34. The number of aromatic nitrogens is 2. The predicted octanol–water partition coefficient (Wildman–Crippen LogP) is 1.44. The standard InChI is InChI=1S/C9H15N3O/c1-3-4-10-9-5-8(6-13-2)11-7-12-9/h5,7H,3-4,6H2,1-2H3,(H,10,11,12). The first-order valence-corrected chi connectivity index (χ1v) is 4.40. The number of nitrogens with zero attached hydrogens (tertiary/aromatic N) is 2. The van der Waals surface area contributed by atoms with Crippen molar-refractivity contribution in [2.75, 3.05) is 19.0 Å². The van der Waals surface area contributed by atoms with Crippen LogP contribution in [0.25, 0.3) is 0 Å². The molecular weight excluding hydrogens is 166 g/mol. The van der Waals surface area contributed by atoms with Crippen LogP contribution >= 0.6 is 0 Å². The number of hydrogen-bond donors (Lipinski definition) is 1. The van der Waals surface area contributed by atoms with E-state index in [-0.39, 0.29) is 0 Å². The summed E-state index contributed by atoms with van der Waals surface area (Å²) >= 11 is 0. The van der Waals surface area contributed by atoms with Crippen molar-refractivity contribution in [1.82, 2.24) is 9.97 Å². The number of ether oxygens (including phenoxy) is 1. The molecule has 0 saturated heterocycles. The lowest BCUT2D eigenvalue weighted by Crippen LogP contribution is -2.03. The fourth-order valence-corrected chi connectivity index (χ4v) is 0.974. The topological polar surface area (TPSA) is 47.0 Å². The summed E-state index contributed by atoms with van der Waals surface area (Å²) in [4.78, 5) is 8.14. The van der Waals surface area contributed by atoms with Crippen molar-refractivity contribution in [3.63, 3.8) is 0 Å². The van der Waals surface area contributed by atoms with Gasteiger partial charge in [0.05, 0.1) is 12.3 Å². The highest BCUT2D eigenvalue weighted by atomic mass is 16.5. The van der Waals surface area contributed by atoms with E-state index in [1.54, 1.807) is 13.4 Å². The molecule has 1 N–H and O–H groups in total. The van der Waals surface area contributed by atoms with E-state index in [1.165, 1.54) is 0 Å². The van der Waals surface area contributed by atoms with Crippen LogP contribution in [0.1, 0.15) is 19.0 Å². The lowest BCUT2D eigenvalue weighted by Gasteiger charge is -2.04. The first-order valence-electron chi connectivity index (χ1n) is 4.40. The molecule has 13 heavy (non-hydrogen) atoms. The molecule has 0 bridgehead atoms. The summed E-state index contributed by atoms with van der Waals surface area (Å²) in [6, 6.07) is 1.90. The Morgan fingerprint density at radius 2 is 2.31 bits per heavy atom. The molecule has 1 aromatic heterocycles. The van der Waals surface area contributed by atoms with E-state index in [1.807, 2.05) is 6.07 Å². The van der Waals surface area contributed by atoms with Crippen LogP contribution in [0.5, 0.6) is 0 Å². The van der Waals surface area contributed by atoms with E-state index < -0.39 is 0 Å². The zero-order chi connectivity index (χ0) is 9.52. The largest absolute Gasteiger partial charge is 0.378 e. The van der Waals surface area contributed by atoms with E-state index in [9.17, 15) is 0 Å². The van der Waals surface area contributed by atoms with Crippen LogP contribution in [0.4, 0.5) is 5.82 Å². The molecule has 0 saturated carbocycles. The van der Waals surface area contributed by atoms with Gasteiger partial charge in [0.2, 0.25) is 0 Å². The van der Waals surface area contributed by atoms with Crippen LogP contribution in [-0.2, 0) is 11.3 Å². The monoisotopic (exact) mass is 181 g/mol. The maximum absolute atomic E-state index is 4.97. The second-order valence-electron chi connectivity index (χ2n) is 2.75. The maximum Gasteiger partial charge on any atom is 0.129 e. The van der Waals surface area contributed by atoms with Crippen LogP contribution < -0.4 is 5.32 Å². The molecule has 4 nitrogen and oxygen atoms in total. The van der Waals surface area contributed by atoms with Crippen LogP contribution in [0.2, 0.25) is 0 Å². The van der Waals surface area contributed by atoms with Gasteiger partial charge < -0.3 is 10.1 Å². The van der Waals surface area contributed by atoms with E-state index in [4.69, 9.17) is 4.74 Å². The van der Waals surface area contributed by atoms with E-state index >= 15 is 0 Å². The van der Waals surface area contributed by atoms with Crippen molar-refractivity contribution in [3.05, 3.63) is 18.1 Å². The van der Waals surface area contributed by atoms with E-state index in [2.05, 4.69) is 22.2 Å². The molecule has 0 aliphatic carbocycles. The Morgan fingerprint density at radius 1 is 1.46 bits per heavy atom. The van der Waals surface area contributed by atoms with Crippen LogP contribution in [0, 0.1) is 0 Å². The van der Waals surface area contributed by atoms with Gasteiger partial charge in [-0.05, 0) is 6.42 Å². The second-order valence-corrected chi connectivity index (χ2v) is 2.75. The van der Waals surface area contributed by atoms with Gasteiger partial charge in [0.25, 0.3) is 0 Å². The quantitative estimate of drug-likeness (QED) is 0.746. The minimum Gasteiger partial charge on any atom is -0.378 e. The molecule has 1 heterocycles. The third-order valence-corrected chi connectivity index (χ3v) is 1.57. The average Bonchev–Trinajstić information content (AvgIpc) is 2.16. The summed E-state index contributed by atoms with van der Waals surface area (Å²) in [7, 11) is 1.65. The molecule has 0 aliphatic heterocycles. The zero-order valence-corrected chi connectivity index (χ0v) is 8.08. The lowest BCUT2D eigenvalue weighted by molar-refractivity contribution is 0.181. The molecule has 1 rings (SSSR count). The number of hydrogen-bond acceptors (Lipinski definition) is 4. The van der Waals surface area contributed by atoms with Gasteiger partial charge in [-0.25, -0.2) is 9.97 Å². The number of nitrogens with one attached hydrogen (secondary N) is 1. The van der Waals surface area contributed by atoms with Gasteiger partial charge in [0, 0.05) is 19.7 Å². The van der Waals surface area contributed by atoms with Crippen LogP contribution in [0.15, 0.2) is 12.4 Å². The van der Waals surface area contributed by atoms with Gasteiger partial charge in [-0.15, -0.1) is 0 Å². The molecule has 0 aromatic carbocycles. The van der Waals surface area contributed by atoms with E-state index in [0.29, 0.717) is 6.61 Å². The van der Waals surface area contributed by atoms with Gasteiger partial charge in [-0.2, -0.15) is 0 Å². The first-order chi connectivity index (χ1) is 6.36. The van der Waals surface area contributed by atoms with Gasteiger partial charge >= 0.3 is 0 Å². The SMILES string of the molecule is CCCNc1cc(COC)ncn1. The second kappa shape index (κ2) is 5.48. The van der Waals surface area contributed by atoms with Crippen LogP contribution in [-0.4, -0.2) is 23.6 Å². The average molecular weight is 181 g/mol. The molecule has 0 spiro atoms. The number of rotatable bonds is 5. The lowest BCUT2D eigenvalue weighted by atomic mass is 10.4. The molecule has 0 radical (unpaired) electrons. The molecule has 0 unspecified atom stereocenters. The van der Waals surface area contributed by atoms with Crippen molar-refractivity contribution < 1.29 is 4.74 Å². The number of methoxy groups -OCH3 is 1. The molecule has 0 fully saturated rings. The fraction of sp³-hybridized carbons (Fsp3) is 0.556. The van der Waals surface area contributed by atoms with Crippen molar-refractivity contribution >= 4 is 5.82 Å². The summed E-state index contributed by atoms with van der Waals surface area (Å²) in [6.07, 6.45) is 2.63. The molecule has 0 atom stereocenters. The Labute approximate surface area is 78.4 Å². The van der Waals surface area contributed by atoms with E-state index in [0.717, 1.165) is 24.5 Å². The van der Waals surface area contributed by atoms with Crippen LogP contribution in [0.3, 0.4) is 0 Å². The molecule has 4 heteroatoms. The Morgan fingerprint density at radius 3 is 3.00 bits per heavy atom. The molecule has 0 aliphatic rings. The predicted molar refractivity (Wildman–Crippen MR) is 51.5 cm³/mol. The molecule has 72 valence electrons. The minimum absolute atomic E-state index is 0.531. The summed E-state index contributed by atoms with van der Waals surface area (Å²) in [5, 5.41) is 3.19. The summed E-state index contributed by atoms with van der Waals surface area (Å²) < 4.78 is 4.97. The third kappa shape index (κ3) is 3.38. The van der Waals surface area contributed by atoms with Gasteiger partial charge in [-0.3, -0.25) is 0 Å². The Bertz CT molecular complexity index is 252. The summed E-state index contributed by atoms with van der Waals surface area (Å²) in [6.45, 7) is 3.58. The van der Waals surface area contributed by atoms with Gasteiger partial charge in [-0.1, -0.05) is 6.92 Å². The summed E-state index contributed by atoms with van der Waals surface area (Å²) in [5.74, 6) is 0.865. The first kappa shape index (κ1) is 9.92. The van der Waals surface area contributed by atoms with Crippen molar-refractivity contribution in [3.8, 4) is 0 Å². The Balaban J connectivity index is 2.56. The fourth-order valence-electron chi connectivity index (χ4n) is 0.974. The molecule has 1 aromatic rings. The van der Waals surface area contributed by atoms with Crippen molar-refractivity contribution in [2.24, 2.45) is 0 Å². The van der Waals surface area contributed by atoms with Crippen molar-refractivity contribution in [2.45, 2.75) is 20.0 Å². The Kier molecular flexibility index (Phi) is 4.18. The number of anilines is 1.